The van der Waals surface area contributed by atoms with E-state index in [1.807, 2.05) is 59.2 Å². The van der Waals surface area contributed by atoms with E-state index in [-0.39, 0.29) is 0 Å². The smallest absolute Gasteiger partial charge is 0.122 e. The van der Waals surface area contributed by atoms with Crippen molar-refractivity contribution in [2.24, 2.45) is 0 Å². The first-order valence-electron chi connectivity index (χ1n) is 8.09. The number of hydrogen-bond donors (Lipinski definition) is 0. The quantitative estimate of drug-likeness (QED) is 0.437. The van der Waals surface area contributed by atoms with Gasteiger partial charge in [-0.1, -0.05) is 47.6 Å². The molecule has 2 aromatic heterocycles. The third kappa shape index (κ3) is 3.54. The van der Waals surface area contributed by atoms with Gasteiger partial charge in [-0.15, -0.1) is 0 Å². The Balaban J connectivity index is 1.63. The van der Waals surface area contributed by atoms with Crippen molar-refractivity contribution in [2.45, 2.75) is 10.8 Å². The van der Waals surface area contributed by atoms with Gasteiger partial charge in [0.15, 0.2) is 0 Å². The molecule has 0 amide bonds. The number of ether oxygens (including phenoxy) is 1. The molecule has 0 aliphatic rings. The van der Waals surface area contributed by atoms with E-state index in [4.69, 9.17) is 16.3 Å². The van der Waals surface area contributed by atoms with Crippen LogP contribution in [0.15, 0.2) is 72.0 Å². The van der Waals surface area contributed by atoms with E-state index in [0.29, 0.717) is 5.02 Å². The van der Waals surface area contributed by atoms with Crippen LogP contribution in [0.25, 0.3) is 16.8 Å². The lowest BCUT2D eigenvalue weighted by Gasteiger charge is -2.05. The van der Waals surface area contributed by atoms with Gasteiger partial charge < -0.3 is 4.74 Å². The van der Waals surface area contributed by atoms with Gasteiger partial charge >= 0.3 is 0 Å². The largest absolute Gasteiger partial charge is 0.497 e. The van der Waals surface area contributed by atoms with E-state index in [1.165, 1.54) is 5.56 Å². The van der Waals surface area contributed by atoms with Gasteiger partial charge in [-0.25, -0.2) is 9.50 Å². The van der Waals surface area contributed by atoms with Gasteiger partial charge in [-0.2, -0.15) is 5.10 Å². The van der Waals surface area contributed by atoms with E-state index in [2.05, 4.69) is 16.1 Å². The highest BCUT2D eigenvalue weighted by Crippen LogP contribution is 2.29. The van der Waals surface area contributed by atoms with Crippen molar-refractivity contribution in [1.29, 1.82) is 0 Å². The summed E-state index contributed by atoms with van der Waals surface area (Å²) in [6.07, 6.45) is 3.63. The van der Waals surface area contributed by atoms with Crippen LogP contribution in [0.5, 0.6) is 5.75 Å². The molecule has 0 spiro atoms. The standard InChI is InChI=1S/C20H16ClN3OS/c1-25-17-7-2-4-14(10-17)13-26-20-19-12-18(23-24(19)9-8-22-20)15-5-3-6-16(21)11-15/h2-12H,13H2,1H3. The maximum absolute atomic E-state index is 6.11. The van der Waals surface area contributed by atoms with Crippen LogP contribution in [-0.4, -0.2) is 21.7 Å². The summed E-state index contributed by atoms with van der Waals surface area (Å²) >= 11 is 7.79. The zero-order valence-corrected chi connectivity index (χ0v) is 15.7. The molecule has 0 bridgehead atoms. The predicted octanol–water partition coefficient (Wildman–Crippen LogP) is 5.35. The van der Waals surface area contributed by atoms with Gasteiger partial charge in [0.05, 0.1) is 18.3 Å². The third-order valence-corrected chi connectivity index (χ3v) is 5.29. The number of hydrogen-bond acceptors (Lipinski definition) is 4. The average Bonchev–Trinajstić information content (AvgIpc) is 3.11. The SMILES string of the molecule is COc1cccc(CSc2nccn3nc(-c4cccc(Cl)c4)cc23)c1. The zero-order chi connectivity index (χ0) is 17.9. The van der Waals surface area contributed by atoms with Crippen LogP contribution >= 0.6 is 23.4 Å². The summed E-state index contributed by atoms with van der Waals surface area (Å²) in [5, 5.41) is 6.29. The van der Waals surface area contributed by atoms with Gasteiger partial charge in [-0.05, 0) is 35.9 Å². The summed E-state index contributed by atoms with van der Waals surface area (Å²) in [6, 6.07) is 17.8. The lowest BCUT2D eigenvalue weighted by atomic mass is 10.1. The van der Waals surface area contributed by atoms with Crippen molar-refractivity contribution >= 4 is 28.9 Å². The zero-order valence-electron chi connectivity index (χ0n) is 14.1. The summed E-state index contributed by atoms with van der Waals surface area (Å²) in [4.78, 5) is 4.53. The molecule has 0 aliphatic carbocycles. The van der Waals surface area contributed by atoms with Crippen LogP contribution in [0, 0.1) is 0 Å². The summed E-state index contributed by atoms with van der Waals surface area (Å²) in [6.45, 7) is 0. The highest BCUT2D eigenvalue weighted by atomic mass is 35.5. The Morgan fingerprint density at radius 2 is 2.00 bits per heavy atom. The number of nitrogens with zero attached hydrogens (tertiary/aromatic N) is 3. The third-order valence-electron chi connectivity index (χ3n) is 3.98. The van der Waals surface area contributed by atoms with Gasteiger partial charge in [0.1, 0.15) is 10.8 Å². The number of rotatable bonds is 5. The molecule has 0 saturated heterocycles. The molecule has 26 heavy (non-hydrogen) atoms. The molecule has 0 radical (unpaired) electrons. The normalized spacial score (nSPS) is 11.0. The Morgan fingerprint density at radius 3 is 2.85 bits per heavy atom. The number of halogens is 1. The number of aromatic nitrogens is 3. The van der Waals surface area contributed by atoms with Crippen molar-refractivity contribution in [2.75, 3.05) is 7.11 Å². The monoisotopic (exact) mass is 381 g/mol. The molecule has 0 saturated carbocycles. The molecule has 0 atom stereocenters. The van der Waals surface area contributed by atoms with Crippen LogP contribution in [0.2, 0.25) is 5.02 Å². The molecule has 4 rings (SSSR count). The highest BCUT2D eigenvalue weighted by Gasteiger charge is 2.10. The lowest BCUT2D eigenvalue weighted by Crippen LogP contribution is -1.92. The average molecular weight is 382 g/mol. The Kier molecular flexibility index (Phi) is 4.82. The van der Waals surface area contributed by atoms with Crippen molar-refractivity contribution in [3.05, 3.63) is 77.6 Å². The van der Waals surface area contributed by atoms with Crippen molar-refractivity contribution in [3.63, 3.8) is 0 Å². The van der Waals surface area contributed by atoms with Gasteiger partial charge in [0.2, 0.25) is 0 Å². The van der Waals surface area contributed by atoms with E-state index in [9.17, 15) is 0 Å². The van der Waals surface area contributed by atoms with Crippen molar-refractivity contribution < 1.29 is 4.74 Å². The molecular formula is C20H16ClN3OS. The van der Waals surface area contributed by atoms with E-state index in [1.54, 1.807) is 25.1 Å². The Labute approximate surface area is 160 Å². The van der Waals surface area contributed by atoms with Crippen LogP contribution in [0.3, 0.4) is 0 Å². The molecule has 0 fully saturated rings. The molecule has 4 aromatic rings. The number of benzene rings is 2. The first-order chi connectivity index (χ1) is 12.7. The fraction of sp³-hybridized carbons (Fsp3) is 0.100. The summed E-state index contributed by atoms with van der Waals surface area (Å²) in [5.74, 6) is 1.67. The second-order valence-electron chi connectivity index (χ2n) is 5.74. The number of methoxy groups -OCH3 is 1. The maximum atomic E-state index is 6.11. The second kappa shape index (κ2) is 7.40. The summed E-state index contributed by atoms with van der Waals surface area (Å²) in [7, 11) is 1.68. The molecule has 2 aromatic carbocycles. The van der Waals surface area contributed by atoms with Crippen LogP contribution < -0.4 is 4.74 Å². The van der Waals surface area contributed by atoms with Crippen molar-refractivity contribution in [3.8, 4) is 17.0 Å². The molecule has 4 nitrogen and oxygen atoms in total. The Hall–Kier alpha value is -2.50. The highest BCUT2D eigenvalue weighted by molar-refractivity contribution is 7.98. The van der Waals surface area contributed by atoms with Crippen LogP contribution in [0.1, 0.15) is 5.56 Å². The molecule has 6 heteroatoms. The predicted molar refractivity (Wildman–Crippen MR) is 106 cm³/mol. The lowest BCUT2D eigenvalue weighted by molar-refractivity contribution is 0.414. The fourth-order valence-electron chi connectivity index (χ4n) is 2.71. The molecular weight excluding hydrogens is 366 g/mol. The molecule has 130 valence electrons. The van der Waals surface area contributed by atoms with E-state index in [0.717, 1.165) is 33.3 Å². The molecule has 0 aliphatic heterocycles. The van der Waals surface area contributed by atoms with Crippen molar-refractivity contribution in [1.82, 2.24) is 14.6 Å². The van der Waals surface area contributed by atoms with E-state index < -0.39 is 0 Å². The van der Waals surface area contributed by atoms with Crippen LogP contribution in [0.4, 0.5) is 0 Å². The first kappa shape index (κ1) is 16.9. The Morgan fingerprint density at radius 1 is 1.12 bits per heavy atom. The minimum Gasteiger partial charge on any atom is -0.497 e. The Bertz CT molecular complexity index is 1060. The maximum Gasteiger partial charge on any atom is 0.122 e. The van der Waals surface area contributed by atoms with Gasteiger partial charge in [0.25, 0.3) is 0 Å². The summed E-state index contributed by atoms with van der Waals surface area (Å²) < 4.78 is 7.15. The molecule has 0 unspecified atom stereocenters. The number of fused-ring (bicyclic) bond motifs is 1. The minimum absolute atomic E-state index is 0.699. The second-order valence-corrected chi connectivity index (χ2v) is 7.14. The topological polar surface area (TPSA) is 39.4 Å². The molecule has 2 heterocycles. The van der Waals surface area contributed by atoms with E-state index >= 15 is 0 Å². The summed E-state index contributed by atoms with van der Waals surface area (Å²) in [5.41, 5.74) is 4.04. The fourth-order valence-corrected chi connectivity index (χ4v) is 3.82. The minimum atomic E-state index is 0.699. The van der Waals surface area contributed by atoms with Gasteiger partial charge in [0, 0.05) is 28.7 Å². The van der Waals surface area contributed by atoms with Crippen LogP contribution in [-0.2, 0) is 5.75 Å². The van der Waals surface area contributed by atoms with Gasteiger partial charge in [-0.3, -0.25) is 0 Å². The number of thioether (sulfide) groups is 1. The molecule has 0 N–H and O–H groups in total. The first-order valence-corrected chi connectivity index (χ1v) is 9.45.